The molecular weight excluding hydrogens is 132 g/mol. The van der Waals surface area contributed by atoms with Crippen molar-refractivity contribution in [2.24, 2.45) is 0 Å². The number of carboxylic acids is 1. The van der Waals surface area contributed by atoms with Gasteiger partial charge in [-0.2, -0.15) is 0 Å². The number of hydrogen-bond acceptors (Lipinski definition) is 2. The zero-order chi connectivity index (χ0) is 7.98. The summed E-state index contributed by atoms with van der Waals surface area (Å²) in [5.74, 6) is -0.874. The van der Waals surface area contributed by atoms with Crippen molar-refractivity contribution in [3.63, 3.8) is 0 Å². The van der Waals surface area contributed by atoms with Gasteiger partial charge in [0.05, 0.1) is 0 Å². The Labute approximate surface area is 59.4 Å². The van der Waals surface area contributed by atoms with Gasteiger partial charge < -0.3 is 5.11 Å². The van der Waals surface area contributed by atoms with Crippen LogP contribution in [0.5, 0.6) is 0 Å². The van der Waals surface area contributed by atoms with Gasteiger partial charge in [-0.3, -0.25) is 9.59 Å². The molecule has 0 aromatic rings. The molecule has 0 saturated carbocycles. The fraction of sp³-hybridized carbons (Fsp3) is 0.429. The molecule has 0 atom stereocenters. The van der Waals surface area contributed by atoms with Crippen molar-refractivity contribution in [1.29, 1.82) is 0 Å². The zero-order valence-corrected chi connectivity index (χ0v) is 5.83. The van der Waals surface area contributed by atoms with Crippen molar-refractivity contribution in [2.75, 3.05) is 0 Å². The molecule has 0 aliphatic carbocycles. The summed E-state index contributed by atoms with van der Waals surface area (Å²) >= 11 is 0. The van der Waals surface area contributed by atoms with Crippen LogP contribution in [0.25, 0.3) is 0 Å². The van der Waals surface area contributed by atoms with Crippen molar-refractivity contribution in [3.05, 3.63) is 11.6 Å². The van der Waals surface area contributed by atoms with E-state index in [1.54, 1.807) is 13.0 Å². The summed E-state index contributed by atoms with van der Waals surface area (Å²) in [6.07, 6.45) is 2.66. The summed E-state index contributed by atoms with van der Waals surface area (Å²) in [5.41, 5.74) is 0.544. The highest BCUT2D eigenvalue weighted by atomic mass is 16.4. The third-order valence-corrected chi connectivity index (χ3v) is 1.15. The van der Waals surface area contributed by atoms with Gasteiger partial charge in [-0.05, 0) is 18.9 Å². The summed E-state index contributed by atoms with van der Waals surface area (Å²) < 4.78 is 0. The third-order valence-electron chi connectivity index (χ3n) is 1.15. The van der Waals surface area contributed by atoms with Crippen LogP contribution in [0.4, 0.5) is 0 Å². The summed E-state index contributed by atoms with van der Waals surface area (Å²) in [5, 5.41) is 8.21. The quantitative estimate of drug-likeness (QED) is 0.470. The van der Waals surface area contributed by atoms with Crippen LogP contribution in [0.15, 0.2) is 11.6 Å². The normalized spacial score (nSPS) is 11.1. The minimum Gasteiger partial charge on any atom is -0.481 e. The molecule has 0 aromatic heterocycles. The molecule has 0 spiro atoms. The van der Waals surface area contributed by atoms with Gasteiger partial charge in [0.25, 0.3) is 0 Å². The second-order valence-corrected chi connectivity index (χ2v) is 1.88. The Hall–Kier alpha value is -1.12. The van der Waals surface area contributed by atoms with Crippen molar-refractivity contribution < 1.29 is 14.7 Å². The first-order chi connectivity index (χ1) is 4.70. The lowest BCUT2D eigenvalue weighted by Gasteiger charge is -1.92. The van der Waals surface area contributed by atoms with E-state index >= 15 is 0 Å². The van der Waals surface area contributed by atoms with E-state index in [1.165, 1.54) is 0 Å². The number of carbonyl (C=O) groups is 2. The lowest BCUT2D eigenvalue weighted by Crippen LogP contribution is -1.95. The van der Waals surface area contributed by atoms with Crippen molar-refractivity contribution >= 4 is 12.3 Å². The first-order valence-corrected chi connectivity index (χ1v) is 3.03. The van der Waals surface area contributed by atoms with Crippen LogP contribution in [-0.4, -0.2) is 17.4 Å². The molecule has 0 aromatic carbocycles. The van der Waals surface area contributed by atoms with Crippen LogP contribution in [0.1, 0.15) is 19.8 Å². The van der Waals surface area contributed by atoms with Crippen molar-refractivity contribution in [3.8, 4) is 0 Å². The molecule has 0 rings (SSSR count). The molecule has 0 heterocycles. The van der Waals surface area contributed by atoms with E-state index in [0.717, 1.165) is 0 Å². The van der Waals surface area contributed by atoms with Gasteiger partial charge in [-0.25, -0.2) is 0 Å². The van der Waals surface area contributed by atoms with E-state index in [4.69, 9.17) is 5.11 Å². The smallest absolute Gasteiger partial charge is 0.303 e. The van der Waals surface area contributed by atoms with Crippen LogP contribution in [-0.2, 0) is 9.59 Å². The van der Waals surface area contributed by atoms with Crippen LogP contribution < -0.4 is 0 Å². The van der Waals surface area contributed by atoms with Crippen LogP contribution in [0.2, 0.25) is 0 Å². The molecule has 0 radical (unpaired) electrons. The largest absolute Gasteiger partial charge is 0.481 e. The number of rotatable bonds is 4. The summed E-state index contributed by atoms with van der Waals surface area (Å²) in [7, 11) is 0. The van der Waals surface area contributed by atoms with E-state index in [-0.39, 0.29) is 6.42 Å². The molecule has 0 amide bonds. The highest BCUT2D eigenvalue weighted by Gasteiger charge is 1.98. The van der Waals surface area contributed by atoms with Crippen LogP contribution in [0.3, 0.4) is 0 Å². The number of carbonyl (C=O) groups excluding carboxylic acids is 1. The molecule has 0 aliphatic heterocycles. The third kappa shape index (κ3) is 3.83. The minimum atomic E-state index is -0.874. The Bertz CT molecular complexity index is 158. The van der Waals surface area contributed by atoms with Gasteiger partial charge >= 0.3 is 5.97 Å². The van der Waals surface area contributed by atoms with Crippen LogP contribution in [0, 0.1) is 0 Å². The average Bonchev–Trinajstić information content (AvgIpc) is 1.90. The zero-order valence-electron chi connectivity index (χ0n) is 5.83. The lowest BCUT2D eigenvalue weighted by atomic mass is 10.1. The monoisotopic (exact) mass is 142 g/mol. The first-order valence-electron chi connectivity index (χ1n) is 3.03. The molecule has 56 valence electrons. The predicted molar refractivity (Wildman–Crippen MR) is 36.7 cm³/mol. The summed E-state index contributed by atoms with van der Waals surface area (Å²) in [4.78, 5) is 20.1. The number of hydrogen-bond donors (Lipinski definition) is 1. The van der Waals surface area contributed by atoms with Crippen molar-refractivity contribution in [1.82, 2.24) is 0 Å². The highest BCUT2D eigenvalue weighted by molar-refractivity contribution is 5.75. The van der Waals surface area contributed by atoms with Gasteiger partial charge in [0.1, 0.15) is 6.29 Å². The Morgan fingerprint density at radius 1 is 1.50 bits per heavy atom. The van der Waals surface area contributed by atoms with Gasteiger partial charge in [0.15, 0.2) is 0 Å². The van der Waals surface area contributed by atoms with Gasteiger partial charge in [0.2, 0.25) is 0 Å². The van der Waals surface area contributed by atoms with Crippen molar-refractivity contribution in [2.45, 2.75) is 19.8 Å². The molecular formula is C7H10O3. The standard InChI is InChI=1S/C7H10O3/c1-2-6(5-8)3-4-7(9)10/h2,5H,3-4H2,1H3,(H,9,10)/b6-2-. The fourth-order valence-electron chi connectivity index (χ4n) is 0.523. The number of aldehydes is 1. The van der Waals surface area contributed by atoms with Gasteiger partial charge in [-0.15, -0.1) is 0 Å². The Kier molecular flexibility index (Phi) is 4.20. The Morgan fingerprint density at radius 3 is 2.40 bits per heavy atom. The number of allylic oxidation sites excluding steroid dienone is 2. The maximum Gasteiger partial charge on any atom is 0.303 e. The van der Waals surface area contributed by atoms with E-state index in [9.17, 15) is 9.59 Å². The Balaban J connectivity index is 3.66. The number of carboxylic acid groups (broad SMARTS) is 1. The molecule has 0 fully saturated rings. The van der Waals surface area contributed by atoms with Gasteiger partial charge in [-0.1, -0.05) is 6.08 Å². The van der Waals surface area contributed by atoms with E-state index < -0.39 is 5.97 Å². The minimum absolute atomic E-state index is 0.0262. The maximum absolute atomic E-state index is 10.1. The summed E-state index contributed by atoms with van der Waals surface area (Å²) in [6.45, 7) is 1.71. The molecule has 0 aliphatic rings. The van der Waals surface area contributed by atoms with Gasteiger partial charge in [0, 0.05) is 6.42 Å². The average molecular weight is 142 g/mol. The van der Waals surface area contributed by atoms with E-state index in [0.29, 0.717) is 18.3 Å². The first kappa shape index (κ1) is 8.88. The highest BCUT2D eigenvalue weighted by Crippen LogP contribution is 2.00. The van der Waals surface area contributed by atoms with Crippen LogP contribution >= 0.6 is 0 Å². The molecule has 0 bridgehead atoms. The number of aliphatic carboxylic acids is 1. The van der Waals surface area contributed by atoms with E-state index in [1.807, 2.05) is 0 Å². The molecule has 0 unspecified atom stereocenters. The molecule has 1 N–H and O–H groups in total. The fourth-order valence-corrected chi connectivity index (χ4v) is 0.523. The SMILES string of the molecule is C/C=C(\C=O)CCC(=O)O. The molecule has 3 nitrogen and oxygen atoms in total. The lowest BCUT2D eigenvalue weighted by molar-refractivity contribution is -0.136. The Morgan fingerprint density at radius 2 is 2.10 bits per heavy atom. The molecule has 10 heavy (non-hydrogen) atoms. The summed E-state index contributed by atoms with van der Waals surface area (Å²) in [6, 6.07) is 0. The topological polar surface area (TPSA) is 54.4 Å². The molecule has 0 saturated heterocycles. The second kappa shape index (κ2) is 4.73. The van der Waals surface area contributed by atoms with E-state index in [2.05, 4.69) is 0 Å². The predicted octanol–water partition coefficient (Wildman–Crippen LogP) is 0.996. The maximum atomic E-state index is 10.1. The molecule has 3 heteroatoms. The second-order valence-electron chi connectivity index (χ2n) is 1.88.